The summed E-state index contributed by atoms with van der Waals surface area (Å²) in [4.78, 5) is 36.0. The molecule has 0 aliphatic carbocycles. The number of fused-ring (bicyclic) bond motifs is 1. The van der Waals surface area contributed by atoms with Crippen LogP contribution in [0, 0.1) is 0 Å². The molecule has 0 saturated heterocycles. The topological polar surface area (TPSA) is 136 Å². The number of β-amino-alcohol motifs (C(OH)–C–C–N with tert-alkyl or cyclic N) is 1. The first kappa shape index (κ1) is 14.7. The Bertz CT molecular complexity index is 854. The number of carboxylic acids is 1. The highest BCUT2D eigenvalue weighted by Gasteiger charge is 2.30. The van der Waals surface area contributed by atoms with Gasteiger partial charge < -0.3 is 15.5 Å². The fourth-order valence-electron chi connectivity index (χ4n) is 2.36. The molecular weight excluding hydrogens is 304 g/mol. The van der Waals surface area contributed by atoms with Gasteiger partial charge in [0.1, 0.15) is 5.70 Å². The molecule has 1 aromatic carbocycles. The number of nitrogens with one attached hydrogen (secondary N) is 2. The molecule has 9 nitrogen and oxygen atoms in total. The summed E-state index contributed by atoms with van der Waals surface area (Å²) in [5.41, 5.74) is 0.719. The number of hydrogen-bond donors (Lipinski definition) is 4. The van der Waals surface area contributed by atoms with Crippen molar-refractivity contribution in [3.8, 4) is 0 Å². The number of carbonyl (C=O) groups is 3. The molecule has 1 aliphatic heterocycles. The Kier molecular flexibility index (Phi) is 3.54. The van der Waals surface area contributed by atoms with Crippen molar-refractivity contribution in [2.45, 2.75) is 0 Å². The molecular formula is C14H12N4O5. The molecule has 2 aromatic rings. The van der Waals surface area contributed by atoms with E-state index in [1.165, 1.54) is 12.3 Å². The van der Waals surface area contributed by atoms with Crippen LogP contribution < -0.4 is 5.32 Å². The number of amides is 2. The summed E-state index contributed by atoms with van der Waals surface area (Å²) in [6.07, 6.45) is 2.57. The minimum atomic E-state index is -1.15. The minimum Gasteiger partial charge on any atom is -0.478 e. The molecule has 0 radical (unpaired) electrons. The predicted molar refractivity (Wildman–Crippen MR) is 78.6 cm³/mol. The van der Waals surface area contributed by atoms with Crippen LogP contribution in [0.25, 0.3) is 10.9 Å². The number of H-pyrrole nitrogens is 1. The fourth-order valence-corrected chi connectivity index (χ4v) is 2.36. The number of aromatic amines is 1. The molecule has 2 amide bonds. The van der Waals surface area contributed by atoms with Gasteiger partial charge in [-0.2, -0.15) is 5.10 Å². The SMILES string of the molecule is O=C(O)c1cc(NC2=CC(=O)N(CCO)C2=O)cc2cn[nH]c12. The number of aromatic nitrogens is 2. The first-order chi connectivity index (χ1) is 11.0. The number of imide groups is 1. The zero-order chi connectivity index (χ0) is 16.6. The molecule has 118 valence electrons. The van der Waals surface area contributed by atoms with Gasteiger partial charge in [-0.05, 0) is 12.1 Å². The fraction of sp³-hybridized carbons (Fsp3) is 0.143. The molecule has 0 fully saturated rings. The van der Waals surface area contributed by atoms with Gasteiger partial charge in [0, 0.05) is 17.1 Å². The van der Waals surface area contributed by atoms with Crippen molar-refractivity contribution in [1.29, 1.82) is 0 Å². The highest BCUT2D eigenvalue weighted by Crippen LogP contribution is 2.24. The van der Waals surface area contributed by atoms with Crippen LogP contribution in [0.2, 0.25) is 0 Å². The number of aromatic carboxylic acids is 1. The number of rotatable bonds is 5. The second-order valence-corrected chi connectivity index (χ2v) is 4.86. The summed E-state index contributed by atoms with van der Waals surface area (Å²) in [5.74, 6) is -2.25. The molecule has 0 spiro atoms. The summed E-state index contributed by atoms with van der Waals surface area (Å²) in [7, 11) is 0. The number of carbonyl (C=O) groups excluding carboxylic acids is 2. The van der Waals surface area contributed by atoms with Crippen molar-refractivity contribution in [2.75, 3.05) is 18.5 Å². The Morgan fingerprint density at radius 2 is 2.13 bits per heavy atom. The van der Waals surface area contributed by atoms with E-state index in [0.29, 0.717) is 16.6 Å². The van der Waals surface area contributed by atoms with Gasteiger partial charge in [-0.1, -0.05) is 0 Å². The number of aliphatic hydroxyl groups excluding tert-OH is 1. The van der Waals surface area contributed by atoms with E-state index in [2.05, 4.69) is 15.5 Å². The lowest BCUT2D eigenvalue weighted by atomic mass is 10.1. The maximum absolute atomic E-state index is 12.1. The van der Waals surface area contributed by atoms with E-state index in [1.807, 2.05) is 0 Å². The summed E-state index contributed by atoms with van der Waals surface area (Å²) < 4.78 is 0. The van der Waals surface area contributed by atoms with Crippen LogP contribution >= 0.6 is 0 Å². The second-order valence-electron chi connectivity index (χ2n) is 4.86. The van der Waals surface area contributed by atoms with Crippen molar-refractivity contribution in [1.82, 2.24) is 15.1 Å². The summed E-state index contributed by atoms with van der Waals surface area (Å²) >= 11 is 0. The predicted octanol–water partition coefficient (Wildman–Crippen LogP) is -0.0820. The smallest absolute Gasteiger partial charge is 0.337 e. The Morgan fingerprint density at radius 1 is 1.35 bits per heavy atom. The van der Waals surface area contributed by atoms with Crippen molar-refractivity contribution < 1.29 is 24.6 Å². The zero-order valence-electron chi connectivity index (χ0n) is 11.7. The van der Waals surface area contributed by atoms with Gasteiger partial charge in [0.2, 0.25) is 0 Å². The van der Waals surface area contributed by atoms with Gasteiger partial charge in [0.05, 0.1) is 30.4 Å². The third-order valence-electron chi connectivity index (χ3n) is 3.39. The normalized spacial score (nSPS) is 14.5. The maximum atomic E-state index is 12.1. The molecule has 3 rings (SSSR count). The lowest BCUT2D eigenvalue weighted by Gasteiger charge is -2.13. The maximum Gasteiger partial charge on any atom is 0.337 e. The first-order valence-corrected chi connectivity index (χ1v) is 6.67. The molecule has 9 heteroatoms. The van der Waals surface area contributed by atoms with Crippen LogP contribution in [-0.2, 0) is 9.59 Å². The van der Waals surface area contributed by atoms with Crippen LogP contribution in [0.1, 0.15) is 10.4 Å². The third-order valence-corrected chi connectivity index (χ3v) is 3.39. The van der Waals surface area contributed by atoms with E-state index < -0.39 is 17.8 Å². The van der Waals surface area contributed by atoms with E-state index >= 15 is 0 Å². The summed E-state index contributed by atoms with van der Waals surface area (Å²) in [5, 5.41) is 27.8. The van der Waals surface area contributed by atoms with Crippen LogP contribution in [-0.4, -0.2) is 56.2 Å². The molecule has 1 aromatic heterocycles. The molecule has 0 saturated carbocycles. The van der Waals surface area contributed by atoms with Crippen LogP contribution in [0.5, 0.6) is 0 Å². The first-order valence-electron chi connectivity index (χ1n) is 6.67. The van der Waals surface area contributed by atoms with E-state index in [1.54, 1.807) is 6.07 Å². The number of hydrogen-bond acceptors (Lipinski definition) is 6. The summed E-state index contributed by atoms with van der Waals surface area (Å²) in [6, 6.07) is 2.95. The molecule has 0 atom stereocenters. The Balaban J connectivity index is 1.93. The Morgan fingerprint density at radius 3 is 2.83 bits per heavy atom. The molecule has 4 N–H and O–H groups in total. The molecule has 0 unspecified atom stereocenters. The van der Waals surface area contributed by atoms with E-state index in [0.717, 1.165) is 11.0 Å². The van der Waals surface area contributed by atoms with Crippen molar-refractivity contribution in [2.24, 2.45) is 0 Å². The van der Waals surface area contributed by atoms with Gasteiger partial charge in [0.25, 0.3) is 11.8 Å². The van der Waals surface area contributed by atoms with E-state index in [-0.39, 0.29) is 24.4 Å². The Labute approximate surface area is 129 Å². The van der Waals surface area contributed by atoms with E-state index in [4.69, 9.17) is 5.11 Å². The highest BCUT2D eigenvalue weighted by atomic mass is 16.4. The van der Waals surface area contributed by atoms with Gasteiger partial charge in [-0.3, -0.25) is 19.6 Å². The Hall–Kier alpha value is -3.20. The van der Waals surface area contributed by atoms with Crippen molar-refractivity contribution in [3.05, 3.63) is 35.7 Å². The van der Waals surface area contributed by atoms with E-state index in [9.17, 15) is 19.5 Å². The lowest BCUT2D eigenvalue weighted by molar-refractivity contribution is -0.137. The molecule has 0 bridgehead atoms. The average Bonchev–Trinajstić information content (AvgIpc) is 3.07. The van der Waals surface area contributed by atoms with Crippen LogP contribution in [0.3, 0.4) is 0 Å². The minimum absolute atomic E-state index is 0.00733. The quantitative estimate of drug-likeness (QED) is 0.566. The standard InChI is InChI=1S/C14H12N4O5/c19-2-1-18-11(20)5-10(13(18)21)16-8-3-7-6-15-17-12(7)9(4-8)14(22)23/h3-6,16,19H,1-2H2,(H,15,17)(H,22,23). The average molecular weight is 316 g/mol. The van der Waals surface area contributed by atoms with Gasteiger partial charge in [-0.15, -0.1) is 0 Å². The number of benzene rings is 1. The van der Waals surface area contributed by atoms with Gasteiger partial charge in [-0.25, -0.2) is 4.79 Å². The summed E-state index contributed by atoms with van der Waals surface area (Å²) in [6.45, 7) is -0.427. The number of nitrogens with zero attached hydrogens (tertiary/aromatic N) is 2. The van der Waals surface area contributed by atoms with Crippen LogP contribution in [0.4, 0.5) is 5.69 Å². The highest BCUT2D eigenvalue weighted by molar-refractivity contribution is 6.17. The third kappa shape index (κ3) is 2.53. The monoisotopic (exact) mass is 316 g/mol. The number of anilines is 1. The van der Waals surface area contributed by atoms with Gasteiger partial charge >= 0.3 is 5.97 Å². The zero-order valence-corrected chi connectivity index (χ0v) is 11.7. The molecule has 1 aliphatic rings. The molecule has 2 heterocycles. The molecule has 23 heavy (non-hydrogen) atoms. The van der Waals surface area contributed by atoms with Crippen molar-refractivity contribution in [3.63, 3.8) is 0 Å². The number of aliphatic hydroxyl groups is 1. The second kappa shape index (κ2) is 5.54. The van der Waals surface area contributed by atoms with Crippen LogP contribution in [0.15, 0.2) is 30.1 Å². The van der Waals surface area contributed by atoms with Crippen molar-refractivity contribution >= 4 is 34.4 Å². The number of carboxylic acid groups (broad SMARTS) is 1. The van der Waals surface area contributed by atoms with Gasteiger partial charge in [0.15, 0.2) is 0 Å². The lowest BCUT2D eigenvalue weighted by Crippen LogP contribution is -2.34. The largest absolute Gasteiger partial charge is 0.478 e.